The molecule has 0 spiro atoms. The lowest BCUT2D eigenvalue weighted by molar-refractivity contribution is 0.187. The Balaban J connectivity index is 2.01. The molecule has 0 unspecified atom stereocenters. The van der Waals surface area contributed by atoms with Gasteiger partial charge in [-0.1, -0.05) is 6.07 Å². The van der Waals surface area contributed by atoms with Crippen LogP contribution in [0.2, 0.25) is 0 Å². The lowest BCUT2D eigenvalue weighted by Crippen LogP contribution is -2.11. The zero-order valence-corrected chi connectivity index (χ0v) is 12.5. The predicted molar refractivity (Wildman–Crippen MR) is 81.4 cm³/mol. The SMILES string of the molecule is COC(=O)Nc1cccc(NCc2sc(C)nc2C)c1. The van der Waals surface area contributed by atoms with E-state index in [1.807, 2.05) is 38.1 Å². The lowest BCUT2D eigenvalue weighted by Gasteiger charge is -2.08. The van der Waals surface area contributed by atoms with Gasteiger partial charge in [0.05, 0.1) is 24.4 Å². The van der Waals surface area contributed by atoms with Gasteiger partial charge in [-0.25, -0.2) is 9.78 Å². The lowest BCUT2D eigenvalue weighted by atomic mass is 10.2. The summed E-state index contributed by atoms with van der Waals surface area (Å²) in [6.07, 6.45) is -0.476. The van der Waals surface area contributed by atoms with Gasteiger partial charge in [-0.15, -0.1) is 11.3 Å². The molecule has 0 aliphatic rings. The van der Waals surface area contributed by atoms with Crippen molar-refractivity contribution in [1.82, 2.24) is 4.98 Å². The van der Waals surface area contributed by atoms with Gasteiger partial charge in [0.15, 0.2) is 0 Å². The van der Waals surface area contributed by atoms with Crippen molar-refractivity contribution in [3.63, 3.8) is 0 Å². The van der Waals surface area contributed by atoms with Crippen LogP contribution >= 0.6 is 11.3 Å². The minimum atomic E-state index is -0.476. The van der Waals surface area contributed by atoms with E-state index in [1.54, 1.807) is 11.3 Å². The van der Waals surface area contributed by atoms with Gasteiger partial charge in [0.2, 0.25) is 0 Å². The maximum absolute atomic E-state index is 11.2. The quantitative estimate of drug-likeness (QED) is 0.904. The molecule has 0 saturated carbocycles. The average molecular weight is 291 g/mol. The van der Waals surface area contributed by atoms with E-state index >= 15 is 0 Å². The number of nitrogens with zero attached hydrogens (tertiary/aromatic N) is 1. The van der Waals surface area contributed by atoms with Crippen molar-refractivity contribution in [1.29, 1.82) is 0 Å². The Bertz CT molecular complexity index is 610. The number of aryl methyl sites for hydroxylation is 2. The van der Waals surface area contributed by atoms with Crippen LogP contribution in [0, 0.1) is 13.8 Å². The monoisotopic (exact) mass is 291 g/mol. The second-order valence-corrected chi connectivity index (χ2v) is 5.58. The molecule has 2 rings (SSSR count). The van der Waals surface area contributed by atoms with E-state index in [2.05, 4.69) is 20.4 Å². The van der Waals surface area contributed by atoms with Gasteiger partial charge in [-0.2, -0.15) is 0 Å². The van der Waals surface area contributed by atoms with Crippen molar-refractivity contribution in [2.75, 3.05) is 17.7 Å². The van der Waals surface area contributed by atoms with Crippen molar-refractivity contribution in [2.24, 2.45) is 0 Å². The number of carbonyl (C=O) groups is 1. The number of anilines is 2. The van der Waals surface area contributed by atoms with Crippen molar-refractivity contribution >= 4 is 28.8 Å². The minimum Gasteiger partial charge on any atom is -0.453 e. The first-order valence-electron chi connectivity index (χ1n) is 6.20. The fourth-order valence-corrected chi connectivity index (χ4v) is 2.67. The summed E-state index contributed by atoms with van der Waals surface area (Å²) in [6, 6.07) is 7.49. The number of ether oxygens (including phenoxy) is 1. The molecule has 0 fully saturated rings. The van der Waals surface area contributed by atoms with Crippen molar-refractivity contribution in [3.05, 3.63) is 39.8 Å². The number of benzene rings is 1. The van der Waals surface area contributed by atoms with Gasteiger partial charge in [-0.3, -0.25) is 5.32 Å². The van der Waals surface area contributed by atoms with Crippen LogP contribution in [0.1, 0.15) is 15.6 Å². The van der Waals surface area contributed by atoms with Crippen LogP contribution in [0.25, 0.3) is 0 Å². The maximum Gasteiger partial charge on any atom is 0.411 e. The number of hydrogen-bond acceptors (Lipinski definition) is 5. The van der Waals surface area contributed by atoms with E-state index in [1.165, 1.54) is 12.0 Å². The maximum atomic E-state index is 11.2. The van der Waals surface area contributed by atoms with Gasteiger partial charge in [0.1, 0.15) is 0 Å². The molecule has 2 aromatic rings. The number of carbonyl (C=O) groups excluding carboxylic acids is 1. The van der Waals surface area contributed by atoms with E-state index in [-0.39, 0.29) is 0 Å². The van der Waals surface area contributed by atoms with Crippen LogP contribution < -0.4 is 10.6 Å². The largest absolute Gasteiger partial charge is 0.453 e. The molecule has 1 heterocycles. The Hall–Kier alpha value is -2.08. The minimum absolute atomic E-state index is 0.476. The standard InChI is InChI=1S/C14H17N3O2S/c1-9-13(20-10(2)16-9)8-15-11-5-4-6-12(7-11)17-14(18)19-3/h4-7,15H,8H2,1-3H3,(H,17,18). The Morgan fingerprint density at radius 3 is 2.75 bits per heavy atom. The first kappa shape index (κ1) is 14.3. The Morgan fingerprint density at radius 1 is 1.35 bits per heavy atom. The van der Waals surface area contributed by atoms with Crippen LogP contribution in [0.4, 0.5) is 16.2 Å². The Labute approximate surface area is 122 Å². The third-order valence-corrected chi connectivity index (χ3v) is 3.82. The molecule has 0 saturated heterocycles. The highest BCUT2D eigenvalue weighted by atomic mass is 32.1. The third-order valence-electron chi connectivity index (χ3n) is 2.75. The summed E-state index contributed by atoms with van der Waals surface area (Å²) < 4.78 is 4.56. The van der Waals surface area contributed by atoms with Crippen LogP contribution in [0.5, 0.6) is 0 Å². The van der Waals surface area contributed by atoms with Crippen LogP contribution in [0.15, 0.2) is 24.3 Å². The van der Waals surface area contributed by atoms with E-state index in [0.717, 1.165) is 22.9 Å². The van der Waals surface area contributed by atoms with Gasteiger partial charge in [0, 0.05) is 16.3 Å². The second-order valence-electron chi connectivity index (χ2n) is 4.29. The molecule has 1 amide bonds. The molecule has 106 valence electrons. The van der Waals surface area contributed by atoms with E-state index in [9.17, 15) is 4.79 Å². The van der Waals surface area contributed by atoms with E-state index in [4.69, 9.17) is 0 Å². The van der Waals surface area contributed by atoms with Crippen molar-refractivity contribution in [2.45, 2.75) is 20.4 Å². The molecular weight excluding hydrogens is 274 g/mol. The second kappa shape index (κ2) is 6.38. The molecule has 0 bridgehead atoms. The number of hydrogen-bond donors (Lipinski definition) is 2. The van der Waals surface area contributed by atoms with Crippen LogP contribution in [-0.4, -0.2) is 18.2 Å². The Kier molecular flexibility index (Phi) is 4.57. The zero-order valence-electron chi connectivity index (χ0n) is 11.7. The highest BCUT2D eigenvalue weighted by Crippen LogP contribution is 2.20. The molecule has 0 aliphatic carbocycles. The highest BCUT2D eigenvalue weighted by Gasteiger charge is 2.05. The number of methoxy groups -OCH3 is 1. The molecule has 20 heavy (non-hydrogen) atoms. The summed E-state index contributed by atoms with van der Waals surface area (Å²) in [5.41, 5.74) is 2.69. The molecule has 1 aromatic heterocycles. The zero-order chi connectivity index (χ0) is 14.5. The number of amides is 1. The summed E-state index contributed by atoms with van der Waals surface area (Å²) in [7, 11) is 1.34. The summed E-state index contributed by atoms with van der Waals surface area (Å²) in [5, 5.41) is 7.03. The number of rotatable bonds is 4. The average Bonchev–Trinajstić information content (AvgIpc) is 2.75. The molecule has 5 nitrogen and oxygen atoms in total. The molecule has 0 radical (unpaired) electrons. The number of aromatic nitrogens is 1. The summed E-state index contributed by atoms with van der Waals surface area (Å²) in [4.78, 5) is 16.8. The summed E-state index contributed by atoms with van der Waals surface area (Å²) >= 11 is 1.69. The smallest absolute Gasteiger partial charge is 0.411 e. The molecule has 1 aromatic carbocycles. The van der Waals surface area contributed by atoms with Crippen LogP contribution in [-0.2, 0) is 11.3 Å². The molecule has 2 N–H and O–H groups in total. The van der Waals surface area contributed by atoms with Gasteiger partial charge in [0.25, 0.3) is 0 Å². The molecular formula is C14H17N3O2S. The van der Waals surface area contributed by atoms with Crippen molar-refractivity contribution < 1.29 is 9.53 Å². The van der Waals surface area contributed by atoms with Crippen molar-refractivity contribution in [3.8, 4) is 0 Å². The number of thiazole rings is 1. The normalized spacial score (nSPS) is 10.2. The third kappa shape index (κ3) is 3.71. The van der Waals surface area contributed by atoms with Gasteiger partial charge in [-0.05, 0) is 32.0 Å². The molecule has 0 atom stereocenters. The predicted octanol–water partition coefficient (Wildman–Crippen LogP) is 3.55. The van der Waals surface area contributed by atoms with Crippen LogP contribution in [0.3, 0.4) is 0 Å². The number of nitrogens with one attached hydrogen (secondary N) is 2. The first-order valence-corrected chi connectivity index (χ1v) is 7.02. The Morgan fingerprint density at radius 2 is 2.10 bits per heavy atom. The fraction of sp³-hybridized carbons (Fsp3) is 0.286. The van der Waals surface area contributed by atoms with Gasteiger partial charge < -0.3 is 10.1 Å². The van der Waals surface area contributed by atoms with E-state index in [0.29, 0.717) is 5.69 Å². The molecule has 0 aliphatic heterocycles. The summed E-state index contributed by atoms with van der Waals surface area (Å²) in [5.74, 6) is 0. The van der Waals surface area contributed by atoms with E-state index < -0.39 is 6.09 Å². The fourth-order valence-electron chi connectivity index (χ4n) is 1.80. The summed E-state index contributed by atoms with van der Waals surface area (Å²) in [6.45, 7) is 4.73. The topological polar surface area (TPSA) is 63.2 Å². The molecule has 6 heteroatoms. The highest BCUT2D eigenvalue weighted by molar-refractivity contribution is 7.11. The first-order chi connectivity index (χ1) is 9.58. The van der Waals surface area contributed by atoms with Gasteiger partial charge >= 0.3 is 6.09 Å².